The van der Waals surface area contributed by atoms with Crippen molar-refractivity contribution < 1.29 is 19.1 Å². The van der Waals surface area contributed by atoms with Gasteiger partial charge in [0.25, 0.3) is 0 Å². The van der Waals surface area contributed by atoms with Crippen LogP contribution in [-0.2, 0) is 15.9 Å². The number of rotatable bonds is 9. The third-order valence-corrected chi connectivity index (χ3v) is 5.60. The number of unbranched alkanes of at least 4 members (excludes halogenated alkanes) is 1. The van der Waals surface area contributed by atoms with Crippen LogP contribution in [0.15, 0.2) is 6.07 Å². The van der Waals surface area contributed by atoms with Gasteiger partial charge in [-0.2, -0.15) is 0 Å². The number of nitrogens with one attached hydrogen (secondary N) is 1. The van der Waals surface area contributed by atoms with E-state index in [9.17, 15) is 9.59 Å². The molecule has 25 heavy (non-hydrogen) atoms. The lowest BCUT2D eigenvalue weighted by atomic mass is 10.2. The molecule has 1 N–H and O–H groups in total. The van der Waals surface area contributed by atoms with Gasteiger partial charge in [0.1, 0.15) is 0 Å². The largest absolute Gasteiger partial charge is 0.462 e. The number of aryl methyl sites for hydroxylation is 1. The first kappa shape index (κ1) is 21.3. The molecule has 7 heteroatoms. The van der Waals surface area contributed by atoms with E-state index < -0.39 is 14.2 Å². The lowest BCUT2D eigenvalue weighted by molar-refractivity contribution is 0.0525. The molecule has 0 unspecified atom stereocenters. The second kappa shape index (κ2) is 9.65. The van der Waals surface area contributed by atoms with Crippen molar-refractivity contribution in [2.75, 3.05) is 18.6 Å². The van der Waals surface area contributed by atoms with E-state index in [1.165, 1.54) is 0 Å². The Morgan fingerprint density at radius 1 is 1.20 bits per heavy atom. The van der Waals surface area contributed by atoms with E-state index in [1.54, 1.807) is 24.6 Å². The molecule has 6 nitrogen and oxygen atoms in total. The van der Waals surface area contributed by atoms with Gasteiger partial charge in [0.15, 0.2) is 0 Å². The van der Waals surface area contributed by atoms with E-state index in [4.69, 9.17) is 9.47 Å². The number of carbonyl (C=O) groups excluding carboxylic acids is 2. The third-order valence-electron chi connectivity index (χ3n) is 3.89. The zero-order chi connectivity index (χ0) is 19.0. The molecule has 1 amide bonds. The van der Waals surface area contributed by atoms with Crippen LogP contribution in [-0.4, -0.2) is 38.0 Å². The van der Waals surface area contributed by atoms with E-state index in [0.717, 1.165) is 31.0 Å². The van der Waals surface area contributed by atoms with Gasteiger partial charge in [-0.3, -0.25) is 4.68 Å². The lowest BCUT2D eigenvalue weighted by Gasteiger charge is -2.17. The topological polar surface area (TPSA) is 69.6 Å². The molecule has 0 saturated heterocycles. The molecule has 0 aliphatic heterocycles. The standard InChI is InChI=1S/C18H32N2O4Si/c1-7-9-10-15-13-16(17(21)23-8-2)14(3)20(15)19-18(22)24-11-12-25(4,5)6/h13H,7-12H2,1-6H3,(H,19,22). The fourth-order valence-corrected chi connectivity index (χ4v) is 3.07. The fraction of sp³-hybridized carbons (Fsp3) is 0.667. The van der Waals surface area contributed by atoms with Gasteiger partial charge in [-0.15, -0.1) is 0 Å². The Morgan fingerprint density at radius 2 is 1.88 bits per heavy atom. The highest BCUT2D eigenvalue weighted by Gasteiger charge is 2.20. The van der Waals surface area contributed by atoms with Gasteiger partial charge >= 0.3 is 12.1 Å². The van der Waals surface area contributed by atoms with E-state index >= 15 is 0 Å². The van der Waals surface area contributed by atoms with Crippen molar-refractivity contribution in [2.45, 2.75) is 65.7 Å². The Balaban J connectivity index is 2.87. The maximum Gasteiger partial charge on any atom is 0.426 e. The first-order valence-corrected chi connectivity index (χ1v) is 12.7. The normalized spacial score (nSPS) is 11.3. The zero-order valence-corrected chi connectivity index (χ0v) is 17.4. The predicted molar refractivity (Wildman–Crippen MR) is 103 cm³/mol. The Labute approximate surface area is 151 Å². The highest BCUT2D eigenvalue weighted by atomic mass is 28.3. The number of hydrogen-bond acceptors (Lipinski definition) is 4. The van der Waals surface area contributed by atoms with Crippen molar-refractivity contribution in [3.05, 3.63) is 23.0 Å². The Kier molecular flexibility index (Phi) is 8.21. The van der Waals surface area contributed by atoms with Crippen LogP contribution in [0.5, 0.6) is 0 Å². The summed E-state index contributed by atoms with van der Waals surface area (Å²) in [6.07, 6.45) is 2.27. The van der Waals surface area contributed by atoms with Gasteiger partial charge in [-0.1, -0.05) is 33.0 Å². The van der Waals surface area contributed by atoms with Crippen LogP contribution < -0.4 is 5.43 Å². The van der Waals surface area contributed by atoms with Crippen LogP contribution in [0.4, 0.5) is 4.79 Å². The van der Waals surface area contributed by atoms with Crippen molar-refractivity contribution in [2.24, 2.45) is 0 Å². The Morgan fingerprint density at radius 3 is 2.44 bits per heavy atom. The minimum atomic E-state index is -1.25. The van der Waals surface area contributed by atoms with Gasteiger partial charge in [0.05, 0.1) is 24.5 Å². The first-order valence-electron chi connectivity index (χ1n) is 9.01. The number of hydrogen-bond donors (Lipinski definition) is 1. The third kappa shape index (κ3) is 6.94. The molecule has 0 radical (unpaired) electrons. The van der Waals surface area contributed by atoms with E-state index in [0.29, 0.717) is 24.5 Å². The smallest absolute Gasteiger partial charge is 0.426 e. The highest BCUT2D eigenvalue weighted by molar-refractivity contribution is 6.76. The molecule has 142 valence electrons. The van der Waals surface area contributed by atoms with Crippen LogP contribution in [0.25, 0.3) is 0 Å². The maximum absolute atomic E-state index is 12.1. The van der Waals surface area contributed by atoms with E-state index in [1.807, 2.05) is 0 Å². The van der Waals surface area contributed by atoms with E-state index in [-0.39, 0.29) is 5.97 Å². The highest BCUT2D eigenvalue weighted by Crippen LogP contribution is 2.18. The van der Waals surface area contributed by atoms with Crippen LogP contribution in [0.1, 0.15) is 48.4 Å². The quantitative estimate of drug-likeness (QED) is 0.520. The van der Waals surface area contributed by atoms with Crippen LogP contribution >= 0.6 is 0 Å². The molecular weight excluding hydrogens is 336 g/mol. The van der Waals surface area contributed by atoms with E-state index in [2.05, 4.69) is 32.0 Å². The molecule has 1 aromatic rings. The summed E-state index contributed by atoms with van der Waals surface area (Å²) in [5.41, 5.74) is 4.77. The summed E-state index contributed by atoms with van der Waals surface area (Å²) in [4.78, 5) is 24.2. The molecule has 0 spiro atoms. The van der Waals surface area contributed by atoms with Crippen LogP contribution in [0.3, 0.4) is 0 Å². The molecule has 0 saturated carbocycles. The second-order valence-corrected chi connectivity index (χ2v) is 13.0. The molecule has 0 fully saturated rings. The summed E-state index contributed by atoms with van der Waals surface area (Å²) in [7, 11) is -1.25. The number of aromatic nitrogens is 1. The Bertz CT molecular complexity index is 591. The average molecular weight is 369 g/mol. The van der Waals surface area contributed by atoms with Crippen LogP contribution in [0, 0.1) is 6.92 Å². The minimum absolute atomic E-state index is 0.319. The molecular formula is C18H32N2O4Si. The van der Waals surface area contributed by atoms with Crippen molar-refractivity contribution >= 4 is 20.1 Å². The molecule has 1 heterocycles. The monoisotopic (exact) mass is 368 g/mol. The summed E-state index contributed by atoms with van der Waals surface area (Å²) in [5, 5.41) is 0. The fourth-order valence-electron chi connectivity index (χ4n) is 2.36. The molecule has 1 aromatic heterocycles. The SMILES string of the molecule is CCCCc1cc(C(=O)OCC)c(C)n1NC(=O)OCC[Si](C)(C)C. The van der Waals surface area contributed by atoms with Gasteiger partial charge in [-0.05, 0) is 38.8 Å². The van der Waals surface area contributed by atoms with Gasteiger partial charge in [-0.25, -0.2) is 15.0 Å². The van der Waals surface area contributed by atoms with Crippen molar-refractivity contribution in [3.8, 4) is 0 Å². The Hall–Kier alpha value is -1.76. The summed E-state index contributed by atoms with van der Waals surface area (Å²) in [5.74, 6) is -0.370. The van der Waals surface area contributed by atoms with Gasteiger partial charge in [0.2, 0.25) is 0 Å². The maximum atomic E-state index is 12.1. The van der Waals surface area contributed by atoms with Gasteiger partial charge < -0.3 is 9.47 Å². The lowest BCUT2D eigenvalue weighted by Crippen LogP contribution is -2.29. The zero-order valence-electron chi connectivity index (χ0n) is 16.4. The first-order chi connectivity index (χ1) is 11.7. The average Bonchev–Trinajstić information content (AvgIpc) is 2.81. The molecule has 0 bridgehead atoms. The predicted octanol–water partition coefficient (Wildman–Crippen LogP) is 4.33. The minimum Gasteiger partial charge on any atom is -0.462 e. The number of esters is 1. The molecule has 0 aromatic carbocycles. The van der Waals surface area contributed by atoms with Crippen LogP contribution in [0.2, 0.25) is 25.7 Å². The molecule has 1 rings (SSSR count). The number of amides is 1. The molecule has 0 atom stereocenters. The summed E-state index contributed by atoms with van der Waals surface area (Å²) in [6, 6.07) is 2.72. The van der Waals surface area contributed by atoms with Crippen molar-refractivity contribution in [3.63, 3.8) is 0 Å². The van der Waals surface area contributed by atoms with Crippen molar-refractivity contribution in [1.29, 1.82) is 0 Å². The summed E-state index contributed by atoms with van der Waals surface area (Å²) < 4.78 is 12.1. The number of ether oxygens (including phenoxy) is 2. The second-order valence-electron chi connectivity index (χ2n) is 7.35. The summed E-state index contributed by atoms with van der Waals surface area (Å²) >= 11 is 0. The number of carbonyl (C=O) groups is 2. The number of nitrogens with zero attached hydrogens (tertiary/aromatic N) is 1. The van der Waals surface area contributed by atoms with Crippen molar-refractivity contribution in [1.82, 2.24) is 4.68 Å². The molecule has 0 aliphatic rings. The van der Waals surface area contributed by atoms with Gasteiger partial charge in [0, 0.05) is 13.8 Å². The molecule has 0 aliphatic carbocycles. The summed E-state index contributed by atoms with van der Waals surface area (Å²) in [6.45, 7) is 13.1.